The van der Waals surface area contributed by atoms with E-state index in [2.05, 4.69) is 12.2 Å². The number of benzene rings is 1. The van der Waals surface area contributed by atoms with Crippen molar-refractivity contribution in [1.82, 2.24) is 10.2 Å². The van der Waals surface area contributed by atoms with Crippen LogP contribution in [-0.2, 0) is 11.2 Å². The molecule has 1 saturated heterocycles. The normalized spacial score (nSPS) is 15.5. The van der Waals surface area contributed by atoms with Gasteiger partial charge < -0.3 is 10.2 Å². The Labute approximate surface area is 148 Å². The van der Waals surface area contributed by atoms with E-state index in [1.54, 1.807) is 12.1 Å². The number of amides is 1. The summed E-state index contributed by atoms with van der Waals surface area (Å²) in [5.74, 6) is 0.842. The number of likely N-dealkylation sites (tertiary alicyclic amines) is 1. The first-order valence-corrected chi connectivity index (χ1v) is 8.28. The molecule has 1 aliphatic heterocycles. The molecule has 0 aromatic heterocycles. The molecule has 1 fully saturated rings. The minimum absolute atomic E-state index is 0. The van der Waals surface area contributed by atoms with E-state index in [4.69, 9.17) is 23.2 Å². The molecule has 0 bridgehead atoms. The van der Waals surface area contributed by atoms with Gasteiger partial charge in [0.2, 0.25) is 5.91 Å². The molecule has 1 aromatic carbocycles. The molecule has 0 saturated carbocycles. The molecule has 124 valence electrons. The molecule has 1 heterocycles. The van der Waals surface area contributed by atoms with Crippen LogP contribution in [0.1, 0.15) is 25.3 Å². The van der Waals surface area contributed by atoms with Gasteiger partial charge in [0.1, 0.15) is 0 Å². The van der Waals surface area contributed by atoms with Crippen LogP contribution in [0.4, 0.5) is 0 Å². The fourth-order valence-corrected chi connectivity index (χ4v) is 3.15. The summed E-state index contributed by atoms with van der Waals surface area (Å²) in [7, 11) is 0. The van der Waals surface area contributed by atoms with Crippen molar-refractivity contribution >= 4 is 41.5 Å². The molecule has 1 aromatic rings. The first kappa shape index (κ1) is 19.6. The third-order valence-corrected chi connectivity index (χ3v) is 4.59. The van der Waals surface area contributed by atoms with Crippen LogP contribution >= 0.6 is 35.6 Å². The van der Waals surface area contributed by atoms with Gasteiger partial charge in [-0.15, -0.1) is 12.4 Å². The van der Waals surface area contributed by atoms with Crippen LogP contribution in [0.2, 0.25) is 10.0 Å². The standard InChI is InChI=1S/C16H22Cl2N2O.ClH/c1-2-19-11-12-5-7-20(8-6-12)16(21)9-13-3-4-14(17)10-15(13)18;/h3-4,10,12,19H,2,5-9,11H2,1H3;1H. The second-order valence-corrected chi connectivity index (χ2v) is 6.39. The molecule has 1 N–H and O–H groups in total. The topological polar surface area (TPSA) is 32.3 Å². The zero-order chi connectivity index (χ0) is 15.2. The van der Waals surface area contributed by atoms with E-state index in [0.717, 1.165) is 44.6 Å². The lowest BCUT2D eigenvalue weighted by molar-refractivity contribution is -0.131. The van der Waals surface area contributed by atoms with Crippen LogP contribution in [0.15, 0.2) is 18.2 Å². The number of nitrogens with zero attached hydrogens (tertiary/aromatic N) is 1. The lowest BCUT2D eigenvalue weighted by atomic mass is 9.96. The third kappa shape index (κ3) is 5.62. The summed E-state index contributed by atoms with van der Waals surface area (Å²) in [5, 5.41) is 4.55. The quantitative estimate of drug-likeness (QED) is 0.860. The molecule has 22 heavy (non-hydrogen) atoms. The van der Waals surface area contributed by atoms with Crippen LogP contribution in [0.3, 0.4) is 0 Å². The molecule has 1 aliphatic rings. The predicted molar refractivity (Wildman–Crippen MR) is 95.3 cm³/mol. The van der Waals surface area contributed by atoms with E-state index in [1.807, 2.05) is 11.0 Å². The predicted octanol–water partition coefficient (Wildman–Crippen LogP) is 3.81. The minimum Gasteiger partial charge on any atom is -0.342 e. The molecule has 1 amide bonds. The van der Waals surface area contributed by atoms with Crippen molar-refractivity contribution in [1.29, 1.82) is 0 Å². The SMILES string of the molecule is CCNCC1CCN(C(=O)Cc2ccc(Cl)cc2Cl)CC1.Cl. The van der Waals surface area contributed by atoms with E-state index < -0.39 is 0 Å². The molecular formula is C16H23Cl3N2O. The maximum Gasteiger partial charge on any atom is 0.227 e. The van der Waals surface area contributed by atoms with Gasteiger partial charge >= 0.3 is 0 Å². The summed E-state index contributed by atoms with van der Waals surface area (Å²) in [6.07, 6.45) is 2.51. The lowest BCUT2D eigenvalue weighted by Crippen LogP contribution is -2.41. The van der Waals surface area contributed by atoms with Gasteiger partial charge in [0, 0.05) is 23.1 Å². The monoisotopic (exact) mass is 364 g/mol. The van der Waals surface area contributed by atoms with Crippen LogP contribution < -0.4 is 5.32 Å². The molecule has 0 aliphatic carbocycles. The largest absolute Gasteiger partial charge is 0.342 e. The van der Waals surface area contributed by atoms with Crippen molar-refractivity contribution < 1.29 is 4.79 Å². The van der Waals surface area contributed by atoms with E-state index in [9.17, 15) is 4.79 Å². The van der Waals surface area contributed by atoms with Gasteiger partial charge in [-0.05, 0) is 49.5 Å². The van der Waals surface area contributed by atoms with Gasteiger partial charge in [-0.1, -0.05) is 36.2 Å². The number of piperidine rings is 1. The average Bonchev–Trinajstić information content (AvgIpc) is 2.48. The Morgan fingerprint density at radius 1 is 1.32 bits per heavy atom. The van der Waals surface area contributed by atoms with Crippen molar-refractivity contribution in [3.63, 3.8) is 0 Å². The van der Waals surface area contributed by atoms with E-state index in [0.29, 0.717) is 22.4 Å². The number of rotatable bonds is 5. The van der Waals surface area contributed by atoms with Gasteiger partial charge in [0.05, 0.1) is 6.42 Å². The number of hydrogen-bond acceptors (Lipinski definition) is 2. The van der Waals surface area contributed by atoms with Gasteiger partial charge in [0.15, 0.2) is 0 Å². The molecule has 3 nitrogen and oxygen atoms in total. The first-order chi connectivity index (χ1) is 10.1. The van der Waals surface area contributed by atoms with Gasteiger partial charge in [-0.25, -0.2) is 0 Å². The maximum atomic E-state index is 12.3. The smallest absolute Gasteiger partial charge is 0.227 e. The van der Waals surface area contributed by atoms with Crippen molar-refractivity contribution in [2.75, 3.05) is 26.2 Å². The van der Waals surface area contributed by atoms with Crippen LogP contribution in [0.25, 0.3) is 0 Å². The molecule has 0 radical (unpaired) electrons. The highest BCUT2D eigenvalue weighted by atomic mass is 35.5. The Morgan fingerprint density at radius 2 is 2.00 bits per heavy atom. The summed E-state index contributed by atoms with van der Waals surface area (Å²) < 4.78 is 0. The maximum absolute atomic E-state index is 12.3. The zero-order valence-corrected chi connectivity index (χ0v) is 15.1. The van der Waals surface area contributed by atoms with Crippen molar-refractivity contribution in [3.05, 3.63) is 33.8 Å². The lowest BCUT2D eigenvalue weighted by Gasteiger charge is -2.32. The fraction of sp³-hybridized carbons (Fsp3) is 0.562. The summed E-state index contributed by atoms with van der Waals surface area (Å²) in [4.78, 5) is 14.3. The second-order valence-electron chi connectivity index (χ2n) is 5.54. The molecule has 2 rings (SSSR count). The van der Waals surface area contributed by atoms with Crippen LogP contribution in [0, 0.1) is 5.92 Å². The van der Waals surface area contributed by atoms with Gasteiger partial charge in [-0.3, -0.25) is 4.79 Å². The number of hydrogen-bond donors (Lipinski definition) is 1. The molecule has 0 spiro atoms. The highest BCUT2D eigenvalue weighted by Gasteiger charge is 2.22. The van der Waals surface area contributed by atoms with E-state index in [1.165, 1.54) is 0 Å². The van der Waals surface area contributed by atoms with Crippen LogP contribution in [-0.4, -0.2) is 37.0 Å². The third-order valence-electron chi connectivity index (χ3n) is 4.01. The van der Waals surface area contributed by atoms with E-state index >= 15 is 0 Å². The Morgan fingerprint density at radius 3 is 2.59 bits per heavy atom. The summed E-state index contributed by atoms with van der Waals surface area (Å²) in [5.41, 5.74) is 0.848. The highest BCUT2D eigenvalue weighted by molar-refractivity contribution is 6.35. The average molecular weight is 366 g/mol. The summed E-state index contributed by atoms with van der Waals surface area (Å²) in [6.45, 7) is 5.88. The molecule has 0 atom stereocenters. The Kier molecular flexibility index (Phi) is 8.55. The van der Waals surface area contributed by atoms with Crippen molar-refractivity contribution in [3.8, 4) is 0 Å². The second kappa shape index (κ2) is 9.61. The fourth-order valence-electron chi connectivity index (χ4n) is 2.67. The van der Waals surface area contributed by atoms with Gasteiger partial charge in [0.25, 0.3) is 0 Å². The summed E-state index contributed by atoms with van der Waals surface area (Å²) >= 11 is 12.0. The molecule has 0 unspecified atom stereocenters. The number of nitrogens with one attached hydrogen (secondary N) is 1. The Hall–Kier alpha value is -0.480. The van der Waals surface area contributed by atoms with Crippen molar-refractivity contribution in [2.24, 2.45) is 5.92 Å². The minimum atomic E-state index is 0. The van der Waals surface area contributed by atoms with Crippen molar-refractivity contribution in [2.45, 2.75) is 26.2 Å². The Balaban J connectivity index is 0.00000242. The van der Waals surface area contributed by atoms with Gasteiger partial charge in [-0.2, -0.15) is 0 Å². The van der Waals surface area contributed by atoms with Crippen LogP contribution in [0.5, 0.6) is 0 Å². The number of halogens is 3. The Bertz CT molecular complexity index is 488. The summed E-state index contributed by atoms with van der Waals surface area (Å²) in [6, 6.07) is 5.30. The first-order valence-electron chi connectivity index (χ1n) is 7.52. The molecular weight excluding hydrogens is 343 g/mol. The van der Waals surface area contributed by atoms with E-state index in [-0.39, 0.29) is 18.3 Å². The molecule has 6 heteroatoms. The number of carbonyl (C=O) groups excluding carboxylic acids is 1. The highest BCUT2D eigenvalue weighted by Crippen LogP contribution is 2.23. The number of carbonyl (C=O) groups is 1. The zero-order valence-electron chi connectivity index (χ0n) is 12.8.